The number of methoxy groups -OCH3 is 1. The number of thioether (sulfide) groups is 1. The number of nitrogens with zero attached hydrogens (tertiary/aromatic N) is 4. The normalized spacial score (nSPS) is 20.3. The van der Waals surface area contributed by atoms with Gasteiger partial charge in [-0.25, -0.2) is 14.6 Å². The molecule has 4 heterocycles. The second-order valence-electron chi connectivity index (χ2n) is 9.86. The van der Waals surface area contributed by atoms with Crippen molar-refractivity contribution in [3.8, 4) is 5.75 Å². The van der Waals surface area contributed by atoms with Gasteiger partial charge in [0.1, 0.15) is 28.6 Å². The van der Waals surface area contributed by atoms with Crippen LogP contribution in [0, 0.1) is 0 Å². The molecule has 0 bridgehead atoms. The average Bonchev–Trinajstić information content (AvgIpc) is 3.60. The first-order valence-corrected chi connectivity index (χ1v) is 15.2. The summed E-state index contributed by atoms with van der Waals surface area (Å²) in [6.45, 7) is 0.858. The summed E-state index contributed by atoms with van der Waals surface area (Å²) in [5.74, 6) is -4.87. The van der Waals surface area contributed by atoms with Crippen LogP contribution < -0.4 is 15.8 Å². The van der Waals surface area contributed by atoms with Gasteiger partial charge in [-0.15, -0.1) is 23.1 Å². The Morgan fingerprint density at radius 1 is 1.26 bits per heavy atom. The third-order valence-electron chi connectivity index (χ3n) is 6.88. The molecule has 2 fully saturated rings. The van der Waals surface area contributed by atoms with Crippen LogP contribution in [0.3, 0.4) is 0 Å². The lowest BCUT2D eigenvalue weighted by atomic mass is 10.0. The van der Waals surface area contributed by atoms with Crippen LogP contribution in [-0.2, 0) is 30.5 Å². The molecule has 3 amide bonds. The minimum atomic E-state index is -5.08. The van der Waals surface area contributed by atoms with Crippen molar-refractivity contribution in [3.05, 3.63) is 63.8 Å². The molecular formula is C27H25F3N6O9S2. The minimum absolute atomic E-state index is 0.0455. The number of carbonyl (C=O) groups excluding carboxylic acids is 3. The van der Waals surface area contributed by atoms with E-state index >= 15 is 0 Å². The quantitative estimate of drug-likeness (QED) is 0.0873. The van der Waals surface area contributed by atoms with Crippen LogP contribution in [0.5, 0.6) is 5.75 Å². The summed E-state index contributed by atoms with van der Waals surface area (Å²) in [6.07, 6.45) is -3.09. The molecule has 2 aromatic rings. The number of likely N-dealkylation sites (tertiary alicyclic amines) is 1. The van der Waals surface area contributed by atoms with Gasteiger partial charge in [-0.05, 0) is 35.8 Å². The van der Waals surface area contributed by atoms with Crippen molar-refractivity contribution in [1.29, 1.82) is 0 Å². The number of aromatic nitrogens is 1. The van der Waals surface area contributed by atoms with Crippen molar-refractivity contribution in [1.82, 2.24) is 20.1 Å². The molecule has 5 rings (SSSR count). The first-order chi connectivity index (χ1) is 22.2. The Morgan fingerprint density at radius 3 is 2.53 bits per heavy atom. The number of hydrogen-bond donors (Lipinski definition) is 5. The van der Waals surface area contributed by atoms with Crippen LogP contribution in [-0.4, -0.2) is 103 Å². The molecule has 6 N–H and O–H groups in total. The topological polar surface area (TPSA) is 225 Å². The van der Waals surface area contributed by atoms with Crippen LogP contribution in [0.2, 0.25) is 0 Å². The number of anilines is 1. The fourth-order valence-corrected chi connectivity index (χ4v) is 6.58. The van der Waals surface area contributed by atoms with E-state index in [-0.39, 0.29) is 28.2 Å². The van der Waals surface area contributed by atoms with Crippen LogP contribution in [0.4, 0.5) is 18.3 Å². The summed E-state index contributed by atoms with van der Waals surface area (Å²) in [4.78, 5) is 66.6. The van der Waals surface area contributed by atoms with Gasteiger partial charge < -0.3 is 36.1 Å². The summed E-state index contributed by atoms with van der Waals surface area (Å²) >= 11 is 2.31. The lowest BCUT2D eigenvalue weighted by molar-refractivity contribution is -0.192. The van der Waals surface area contributed by atoms with Crippen molar-refractivity contribution >= 4 is 63.6 Å². The third kappa shape index (κ3) is 7.65. The number of halogens is 3. The zero-order valence-corrected chi connectivity index (χ0v) is 25.7. The number of thiazole rings is 1. The van der Waals surface area contributed by atoms with Crippen LogP contribution in [0.15, 0.2) is 57.7 Å². The molecule has 1 aromatic heterocycles. The number of ether oxygens (including phenoxy) is 1. The maximum absolute atomic E-state index is 13.1. The molecule has 47 heavy (non-hydrogen) atoms. The lowest BCUT2D eigenvalue weighted by Gasteiger charge is -2.49. The Hall–Kier alpha value is -5.11. The summed E-state index contributed by atoms with van der Waals surface area (Å²) < 4.78 is 37.0. The molecule has 2 saturated heterocycles. The highest BCUT2D eigenvalue weighted by atomic mass is 32.2. The minimum Gasteiger partial charge on any atom is -0.497 e. The Kier molecular flexibility index (Phi) is 10.4. The Morgan fingerprint density at radius 2 is 1.96 bits per heavy atom. The smallest absolute Gasteiger partial charge is 0.490 e. The SMILES string of the molecule is COc1cccc(CN2CC/C(=C\C3=C(C(=O)O)N4C(=O)[C@@H](NC(=O)/C(=N\O)c5csc(N)n5)[C@H]4SC3)C2=O)c1.O=C(O)C(F)(F)F. The number of rotatable bonds is 8. The maximum atomic E-state index is 13.1. The molecule has 15 nitrogen and oxygen atoms in total. The first-order valence-electron chi connectivity index (χ1n) is 13.2. The summed E-state index contributed by atoms with van der Waals surface area (Å²) in [5, 5.41) is 32.8. The van der Waals surface area contributed by atoms with E-state index in [0.29, 0.717) is 36.4 Å². The van der Waals surface area contributed by atoms with E-state index in [1.165, 1.54) is 17.1 Å². The number of aliphatic carboxylic acids is 2. The number of allylic oxidation sites excluding steroid dienone is 1. The number of carbonyl (C=O) groups is 5. The van der Waals surface area contributed by atoms with Crippen molar-refractivity contribution in [2.45, 2.75) is 30.6 Å². The molecule has 3 aliphatic rings. The van der Waals surface area contributed by atoms with Gasteiger partial charge in [-0.1, -0.05) is 17.3 Å². The molecule has 1 aromatic carbocycles. The molecule has 0 spiro atoms. The second-order valence-corrected chi connectivity index (χ2v) is 11.9. The molecular weight excluding hydrogens is 673 g/mol. The van der Waals surface area contributed by atoms with Crippen LogP contribution >= 0.6 is 23.1 Å². The monoisotopic (exact) mass is 698 g/mol. The highest BCUT2D eigenvalue weighted by Gasteiger charge is 2.54. The largest absolute Gasteiger partial charge is 0.497 e. The lowest BCUT2D eigenvalue weighted by Crippen LogP contribution is -2.71. The van der Waals surface area contributed by atoms with E-state index < -0.39 is 47.1 Å². The molecule has 250 valence electrons. The third-order valence-corrected chi connectivity index (χ3v) is 8.85. The number of hydrogen-bond acceptors (Lipinski definition) is 12. The number of benzene rings is 1. The van der Waals surface area contributed by atoms with Gasteiger partial charge in [0.05, 0.1) is 7.11 Å². The molecule has 0 radical (unpaired) electrons. The van der Waals surface area contributed by atoms with Gasteiger partial charge in [0, 0.05) is 29.8 Å². The summed E-state index contributed by atoms with van der Waals surface area (Å²) in [5.41, 5.74) is 6.68. The van der Waals surface area contributed by atoms with Gasteiger partial charge in [0.2, 0.25) is 5.91 Å². The van der Waals surface area contributed by atoms with E-state index in [0.717, 1.165) is 21.8 Å². The highest BCUT2D eigenvalue weighted by molar-refractivity contribution is 8.00. The number of carboxylic acid groups (broad SMARTS) is 2. The van der Waals surface area contributed by atoms with E-state index in [1.54, 1.807) is 18.1 Å². The van der Waals surface area contributed by atoms with Gasteiger partial charge in [0.25, 0.3) is 11.8 Å². The van der Waals surface area contributed by atoms with Crippen LogP contribution in [0.1, 0.15) is 17.7 Å². The molecule has 0 aliphatic carbocycles. The van der Waals surface area contributed by atoms with E-state index in [1.807, 2.05) is 24.3 Å². The zero-order chi connectivity index (χ0) is 34.6. The fourth-order valence-electron chi connectivity index (χ4n) is 4.73. The Bertz CT molecular complexity index is 1710. The average molecular weight is 699 g/mol. The van der Waals surface area contributed by atoms with Crippen molar-refractivity contribution in [2.75, 3.05) is 25.1 Å². The molecule has 3 aliphatic heterocycles. The molecule has 20 heteroatoms. The number of nitrogen functional groups attached to an aromatic ring is 1. The number of β-lactam (4-membered cyclic amide) rings is 1. The van der Waals surface area contributed by atoms with Crippen molar-refractivity contribution in [2.24, 2.45) is 5.16 Å². The predicted octanol–water partition coefficient (Wildman–Crippen LogP) is 1.64. The van der Waals surface area contributed by atoms with Gasteiger partial charge in [-0.2, -0.15) is 13.2 Å². The predicted molar refractivity (Wildman–Crippen MR) is 159 cm³/mol. The first kappa shape index (κ1) is 34.8. The fraction of sp³-hybridized carbons (Fsp3) is 0.296. The van der Waals surface area contributed by atoms with Crippen molar-refractivity contribution < 1.29 is 57.3 Å². The molecule has 0 unspecified atom stereocenters. The van der Waals surface area contributed by atoms with Crippen LogP contribution in [0.25, 0.3) is 0 Å². The number of carboxylic acids is 2. The number of fused-ring (bicyclic) bond motifs is 1. The Balaban J connectivity index is 0.000000644. The number of alkyl halides is 3. The maximum Gasteiger partial charge on any atom is 0.490 e. The molecule has 0 saturated carbocycles. The van der Waals surface area contributed by atoms with E-state index in [9.17, 15) is 42.7 Å². The Labute approximate surface area is 271 Å². The zero-order valence-electron chi connectivity index (χ0n) is 24.1. The number of nitrogens with one attached hydrogen (secondary N) is 1. The number of nitrogens with two attached hydrogens (primary N) is 1. The number of amides is 3. The van der Waals surface area contributed by atoms with E-state index in [2.05, 4.69) is 15.5 Å². The highest BCUT2D eigenvalue weighted by Crippen LogP contribution is 2.41. The van der Waals surface area contributed by atoms with Gasteiger partial charge >= 0.3 is 18.1 Å². The second kappa shape index (κ2) is 14.1. The summed E-state index contributed by atoms with van der Waals surface area (Å²) in [7, 11) is 1.57. The molecule has 2 atom stereocenters. The summed E-state index contributed by atoms with van der Waals surface area (Å²) in [6, 6.07) is 6.37. The van der Waals surface area contributed by atoms with Gasteiger partial charge in [-0.3, -0.25) is 19.3 Å². The van der Waals surface area contributed by atoms with Crippen molar-refractivity contribution in [3.63, 3.8) is 0 Å². The number of oxime groups is 1. The standard InChI is InChI=1S/C25H24N6O7S2.C2HF3O2/c1-38-15-4-2-3-12(7-15)9-30-6-5-13(21(30)33)8-14-10-39-23-18(22(34)31(23)19(14)24(35)36)28-20(32)17(29-37)16-11-40-25(26)27-16;3-2(4,5)1(6)7/h2-4,7-8,11,18,23,37H,5-6,9-10H2,1H3,(H2,26,27)(H,28,32)(H,35,36);(H,6,7)/b13-8+,29-17-;/t18-,23-;/m1./s1. The van der Waals surface area contributed by atoms with Gasteiger partial charge in [0.15, 0.2) is 10.8 Å². The van der Waals surface area contributed by atoms with E-state index in [4.69, 9.17) is 20.4 Å².